The molecule has 0 fully saturated rings. The minimum atomic E-state index is -0.370. The summed E-state index contributed by atoms with van der Waals surface area (Å²) in [4.78, 5) is 15.9. The van der Waals surface area contributed by atoms with Crippen LogP contribution in [-0.4, -0.2) is 23.2 Å². The van der Waals surface area contributed by atoms with Crippen molar-refractivity contribution in [2.75, 3.05) is 12.4 Å². The Labute approximate surface area is 137 Å². The number of anilines is 1. The lowest BCUT2D eigenvalue weighted by atomic mass is 10.1. The van der Waals surface area contributed by atoms with Gasteiger partial charge in [-0.1, -0.05) is 11.2 Å². The van der Waals surface area contributed by atoms with Crippen LogP contribution in [0.25, 0.3) is 11.4 Å². The molecule has 0 amide bonds. The Balaban J connectivity index is 1.72. The van der Waals surface area contributed by atoms with Gasteiger partial charge in [-0.25, -0.2) is 4.79 Å². The number of benzene rings is 1. The van der Waals surface area contributed by atoms with Gasteiger partial charge in [-0.3, -0.25) is 0 Å². The summed E-state index contributed by atoms with van der Waals surface area (Å²) in [6.45, 7) is 2.33. The summed E-state index contributed by atoms with van der Waals surface area (Å²) >= 11 is 1.58. The molecule has 1 aromatic carbocycles. The van der Waals surface area contributed by atoms with Crippen LogP contribution in [0.2, 0.25) is 0 Å². The van der Waals surface area contributed by atoms with Gasteiger partial charge in [0, 0.05) is 16.6 Å². The fourth-order valence-electron chi connectivity index (χ4n) is 2.06. The smallest absolute Gasteiger partial charge is 0.337 e. The van der Waals surface area contributed by atoms with Gasteiger partial charge in [-0.05, 0) is 36.1 Å². The van der Waals surface area contributed by atoms with Crippen LogP contribution in [0.1, 0.15) is 21.8 Å². The van der Waals surface area contributed by atoms with Gasteiger partial charge in [0.05, 0.1) is 19.2 Å². The molecule has 2 heterocycles. The van der Waals surface area contributed by atoms with Crippen molar-refractivity contribution in [2.45, 2.75) is 13.5 Å². The van der Waals surface area contributed by atoms with Crippen LogP contribution in [0, 0.1) is 6.92 Å². The summed E-state index contributed by atoms with van der Waals surface area (Å²) in [6, 6.07) is 7.28. The number of ether oxygens (including phenoxy) is 1. The Morgan fingerprint density at radius 2 is 2.26 bits per heavy atom. The van der Waals surface area contributed by atoms with Crippen molar-refractivity contribution in [1.82, 2.24) is 10.1 Å². The number of rotatable bonds is 5. The summed E-state index contributed by atoms with van der Waals surface area (Å²) in [5.74, 6) is 0.683. The third kappa shape index (κ3) is 3.40. The van der Waals surface area contributed by atoms with Crippen molar-refractivity contribution in [3.05, 3.63) is 52.0 Å². The van der Waals surface area contributed by atoms with E-state index in [1.807, 2.05) is 29.8 Å². The van der Waals surface area contributed by atoms with Crippen LogP contribution in [0.5, 0.6) is 0 Å². The minimum Gasteiger partial charge on any atom is -0.465 e. The lowest BCUT2D eigenvalue weighted by Crippen LogP contribution is -2.05. The van der Waals surface area contributed by atoms with Gasteiger partial charge in [0.2, 0.25) is 11.7 Å². The van der Waals surface area contributed by atoms with Crippen LogP contribution in [-0.2, 0) is 11.3 Å². The second-order valence-corrected chi connectivity index (χ2v) is 5.68. The van der Waals surface area contributed by atoms with Crippen LogP contribution in [0.3, 0.4) is 0 Å². The van der Waals surface area contributed by atoms with Crippen molar-refractivity contribution in [2.24, 2.45) is 0 Å². The normalized spacial score (nSPS) is 10.5. The zero-order chi connectivity index (χ0) is 16.2. The molecule has 3 aromatic rings. The molecule has 1 N–H and O–H groups in total. The molecule has 23 heavy (non-hydrogen) atoms. The van der Waals surface area contributed by atoms with Gasteiger partial charge in [0.1, 0.15) is 0 Å². The van der Waals surface area contributed by atoms with E-state index in [4.69, 9.17) is 9.26 Å². The van der Waals surface area contributed by atoms with E-state index in [2.05, 4.69) is 15.5 Å². The predicted molar refractivity (Wildman–Crippen MR) is 87.5 cm³/mol. The third-order valence-electron chi connectivity index (χ3n) is 3.34. The van der Waals surface area contributed by atoms with Crippen LogP contribution in [0.15, 0.2) is 39.5 Å². The maximum absolute atomic E-state index is 11.6. The van der Waals surface area contributed by atoms with Gasteiger partial charge < -0.3 is 14.6 Å². The Morgan fingerprint density at radius 1 is 1.39 bits per heavy atom. The van der Waals surface area contributed by atoms with E-state index in [0.29, 0.717) is 23.8 Å². The first kappa shape index (κ1) is 15.2. The molecule has 0 saturated carbocycles. The summed E-state index contributed by atoms with van der Waals surface area (Å²) in [5.41, 5.74) is 3.26. The molecule has 6 nitrogen and oxygen atoms in total. The van der Waals surface area contributed by atoms with Gasteiger partial charge in [0.25, 0.3) is 0 Å². The first-order chi connectivity index (χ1) is 11.2. The van der Waals surface area contributed by atoms with E-state index >= 15 is 0 Å². The standard InChI is InChI=1S/C16H15N3O3S/c1-10-3-4-11(16(20)21-2)7-13(10)17-8-14-18-15(19-22-14)12-5-6-23-9-12/h3-7,9,17H,8H2,1-2H3. The highest BCUT2D eigenvalue weighted by molar-refractivity contribution is 7.08. The monoisotopic (exact) mass is 329 g/mol. The van der Waals surface area contributed by atoms with Gasteiger partial charge in [-0.2, -0.15) is 16.3 Å². The van der Waals surface area contributed by atoms with E-state index < -0.39 is 0 Å². The topological polar surface area (TPSA) is 77.2 Å². The zero-order valence-corrected chi connectivity index (χ0v) is 13.5. The van der Waals surface area contributed by atoms with E-state index in [1.54, 1.807) is 23.5 Å². The van der Waals surface area contributed by atoms with Crippen molar-refractivity contribution in [1.29, 1.82) is 0 Å². The van der Waals surface area contributed by atoms with E-state index in [0.717, 1.165) is 16.8 Å². The Hall–Kier alpha value is -2.67. The number of esters is 1. The Bertz CT molecular complexity index is 812. The van der Waals surface area contributed by atoms with E-state index in [1.165, 1.54) is 7.11 Å². The molecule has 0 unspecified atom stereocenters. The van der Waals surface area contributed by atoms with Crippen molar-refractivity contribution in [3.8, 4) is 11.4 Å². The molecule has 0 saturated heterocycles. The first-order valence-corrected chi connectivity index (χ1v) is 7.89. The summed E-state index contributed by atoms with van der Waals surface area (Å²) in [6.07, 6.45) is 0. The second-order valence-electron chi connectivity index (χ2n) is 4.90. The molecular weight excluding hydrogens is 314 g/mol. The van der Waals surface area contributed by atoms with E-state index in [-0.39, 0.29) is 5.97 Å². The quantitative estimate of drug-likeness (QED) is 0.722. The number of aromatic nitrogens is 2. The number of thiophene rings is 1. The van der Waals surface area contributed by atoms with Crippen LogP contribution in [0.4, 0.5) is 5.69 Å². The number of carbonyl (C=O) groups is 1. The fraction of sp³-hybridized carbons (Fsp3) is 0.188. The van der Waals surface area contributed by atoms with Crippen molar-refractivity contribution in [3.63, 3.8) is 0 Å². The average Bonchev–Trinajstić information content (AvgIpc) is 3.24. The summed E-state index contributed by atoms with van der Waals surface area (Å²) < 4.78 is 9.97. The van der Waals surface area contributed by atoms with Gasteiger partial charge in [0.15, 0.2) is 0 Å². The second kappa shape index (κ2) is 6.62. The molecule has 0 aliphatic rings. The maximum Gasteiger partial charge on any atom is 0.337 e. The third-order valence-corrected chi connectivity index (χ3v) is 4.02. The Kier molecular flexibility index (Phi) is 4.38. The molecular formula is C16H15N3O3S. The summed E-state index contributed by atoms with van der Waals surface area (Å²) in [7, 11) is 1.36. The maximum atomic E-state index is 11.6. The predicted octanol–water partition coefficient (Wildman–Crippen LogP) is 3.51. The molecule has 0 bridgehead atoms. The van der Waals surface area contributed by atoms with Crippen LogP contribution < -0.4 is 5.32 Å². The SMILES string of the molecule is COC(=O)c1ccc(C)c(NCc2nc(-c3ccsc3)no2)c1. The van der Waals surface area contributed by atoms with Crippen LogP contribution >= 0.6 is 11.3 Å². The van der Waals surface area contributed by atoms with E-state index in [9.17, 15) is 4.79 Å². The lowest BCUT2D eigenvalue weighted by Gasteiger charge is -2.09. The lowest BCUT2D eigenvalue weighted by molar-refractivity contribution is 0.0601. The highest BCUT2D eigenvalue weighted by Crippen LogP contribution is 2.21. The largest absolute Gasteiger partial charge is 0.465 e. The highest BCUT2D eigenvalue weighted by atomic mass is 32.1. The number of hydrogen-bond donors (Lipinski definition) is 1. The van der Waals surface area contributed by atoms with Gasteiger partial charge >= 0.3 is 5.97 Å². The molecule has 0 aliphatic carbocycles. The fourth-order valence-corrected chi connectivity index (χ4v) is 2.70. The number of carbonyl (C=O) groups excluding carboxylic acids is 1. The van der Waals surface area contributed by atoms with Crippen molar-refractivity contribution >= 4 is 23.0 Å². The molecule has 0 aliphatic heterocycles. The molecule has 2 aromatic heterocycles. The molecule has 118 valence electrons. The number of nitrogens with zero attached hydrogens (tertiary/aromatic N) is 2. The number of aryl methyl sites for hydroxylation is 1. The molecule has 0 atom stereocenters. The Morgan fingerprint density at radius 3 is 3.00 bits per heavy atom. The molecule has 0 radical (unpaired) electrons. The number of nitrogens with one attached hydrogen (secondary N) is 1. The molecule has 0 spiro atoms. The first-order valence-electron chi connectivity index (χ1n) is 6.95. The van der Waals surface area contributed by atoms with Crippen molar-refractivity contribution < 1.29 is 14.1 Å². The number of hydrogen-bond acceptors (Lipinski definition) is 7. The number of methoxy groups -OCH3 is 1. The minimum absolute atomic E-state index is 0.370. The zero-order valence-electron chi connectivity index (χ0n) is 12.7. The average molecular weight is 329 g/mol. The summed E-state index contributed by atoms with van der Waals surface area (Å²) in [5, 5.41) is 11.1. The molecule has 7 heteroatoms. The van der Waals surface area contributed by atoms with Gasteiger partial charge in [-0.15, -0.1) is 0 Å². The molecule has 3 rings (SSSR count). The highest BCUT2D eigenvalue weighted by Gasteiger charge is 2.11.